The first kappa shape index (κ1) is 26.9. The van der Waals surface area contributed by atoms with Crippen molar-refractivity contribution in [1.82, 2.24) is 3.80 Å². The zero-order chi connectivity index (χ0) is 18.1. The van der Waals surface area contributed by atoms with Crippen LogP contribution in [0.2, 0.25) is 13.1 Å². The summed E-state index contributed by atoms with van der Waals surface area (Å²) in [6.45, 7) is 6.25. The summed E-state index contributed by atoms with van der Waals surface area (Å²) in [5, 5.41) is 0. The van der Waals surface area contributed by atoms with E-state index in [0.29, 0.717) is 10.1 Å². The van der Waals surface area contributed by atoms with Crippen molar-refractivity contribution in [3.8, 4) is 0 Å². The molecule has 0 heterocycles. The topological polar surface area (TPSA) is 29.1 Å². The monoisotopic (exact) mass is 462 g/mol. The summed E-state index contributed by atoms with van der Waals surface area (Å²) >= 11 is -1.59. The van der Waals surface area contributed by atoms with Gasteiger partial charge in [0.25, 0.3) is 0 Å². The fourth-order valence-electron chi connectivity index (χ4n) is 3.57. The van der Waals surface area contributed by atoms with Gasteiger partial charge in [-0.3, -0.25) is 0 Å². The second-order valence-electron chi connectivity index (χ2n) is 7.50. The largest absolute Gasteiger partial charge is 1.00 e. The molecule has 1 unspecified atom stereocenters. The third-order valence-corrected chi connectivity index (χ3v) is 16.9. The van der Waals surface area contributed by atoms with E-state index >= 15 is 0 Å². The average molecular weight is 463 g/mol. The average Bonchev–Trinajstić information content (AvgIpc) is 3.02. The summed E-state index contributed by atoms with van der Waals surface area (Å²) in [6, 6.07) is 8.70. The van der Waals surface area contributed by atoms with Crippen molar-refractivity contribution < 1.29 is 47.0 Å². The van der Waals surface area contributed by atoms with E-state index in [1.165, 1.54) is 49.7 Å². The number of fused-ring (bicyclic) bond motifs is 1. The van der Waals surface area contributed by atoms with Crippen molar-refractivity contribution in [1.29, 1.82) is 0 Å². The summed E-state index contributed by atoms with van der Waals surface area (Å²) in [4.78, 5) is 12.5. The van der Waals surface area contributed by atoms with Gasteiger partial charge in [-0.05, 0) is 0 Å². The number of hydrogen-bond donors (Lipinski definition) is 1. The van der Waals surface area contributed by atoms with Gasteiger partial charge in [-0.15, -0.1) is 0 Å². The maximum atomic E-state index is 12.5. The third kappa shape index (κ3) is 8.87. The Morgan fingerprint density at radius 3 is 2.33 bits per heavy atom. The van der Waals surface area contributed by atoms with Crippen LogP contribution < -0.4 is 28.6 Å². The van der Waals surface area contributed by atoms with Crippen molar-refractivity contribution in [2.24, 2.45) is 0 Å². The van der Waals surface area contributed by atoms with Crippen LogP contribution in [0.15, 0.2) is 30.3 Å². The van der Waals surface area contributed by atoms with E-state index in [1.54, 1.807) is 0 Å². The number of nitrogens with one attached hydrogen (secondary N) is 1. The maximum absolute atomic E-state index is 12.5. The predicted octanol–water partition coefficient (Wildman–Crippen LogP) is -0.464. The molecule has 2 rings (SSSR count). The SMILES string of the molecule is CCCCCCCCCC(=O)[NH][Ti+2]([CH]1C=Cc2ccccc21)[SiH](C)C.[Cl-].[Cl-]. The van der Waals surface area contributed by atoms with Gasteiger partial charge in [0.1, 0.15) is 0 Å². The van der Waals surface area contributed by atoms with Crippen LogP contribution in [-0.2, 0) is 22.2 Å². The standard InChI is InChI=1S/C10H21NO.C9H7.C2H7Si.2ClH.Ti/c1-2-3-4-5-6-7-8-9-10(11)12;1-2-5-9-7-3-6-8(9)4-1;1-3-2;;;/h2-9H2,1H3,(H2,11,12);1-7H;3H,1-2H3;2*1H;/q;;;;;+3/p-3. The summed E-state index contributed by atoms with van der Waals surface area (Å²) < 4.78 is 4.08. The van der Waals surface area contributed by atoms with Gasteiger partial charge < -0.3 is 24.8 Å². The molecular weight excluding hydrogens is 429 g/mol. The first-order valence-corrected chi connectivity index (χ1v) is 17.3. The number of hydrogen-bond acceptors (Lipinski definition) is 1. The van der Waals surface area contributed by atoms with Crippen molar-refractivity contribution in [3.63, 3.8) is 0 Å². The molecule has 27 heavy (non-hydrogen) atoms. The van der Waals surface area contributed by atoms with E-state index in [4.69, 9.17) is 0 Å². The number of unbranched alkanes of at least 4 members (excludes halogenated alkanes) is 6. The Labute approximate surface area is 185 Å². The number of amides is 1. The fraction of sp³-hybridized carbons (Fsp3) is 0.571. The molecule has 0 spiro atoms. The van der Waals surface area contributed by atoms with Gasteiger partial charge in [-0.2, -0.15) is 0 Å². The minimum atomic E-state index is -1.59. The van der Waals surface area contributed by atoms with Gasteiger partial charge in [0, 0.05) is 0 Å². The van der Waals surface area contributed by atoms with Crippen LogP contribution in [-0.4, -0.2) is 12.6 Å². The van der Waals surface area contributed by atoms with E-state index in [1.807, 2.05) is 0 Å². The predicted molar refractivity (Wildman–Crippen MR) is 108 cm³/mol. The Morgan fingerprint density at radius 1 is 1.04 bits per heavy atom. The molecule has 2 nitrogen and oxygen atoms in total. The molecule has 0 saturated heterocycles. The quantitative estimate of drug-likeness (QED) is 0.349. The molecule has 0 saturated carbocycles. The van der Waals surface area contributed by atoms with Crippen LogP contribution in [0.5, 0.6) is 0 Å². The molecule has 1 atom stereocenters. The van der Waals surface area contributed by atoms with Crippen LogP contribution in [0.3, 0.4) is 0 Å². The van der Waals surface area contributed by atoms with E-state index in [9.17, 15) is 4.79 Å². The molecule has 1 aliphatic carbocycles. The van der Waals surface area contributed by atoms with Gasteiger partial charge in [-0.1, -0.05) is 0 Å². The molecule has 1 N–H and O–H groups in total. The molecule has 0 aliphatic heterocycles. The smallest absolute Gasteiger partial charge is 1.00 e. The first-order valence-electron chi connectivity index (χ1n) is 10.1. The maximum Gasteiger partial charge on any atom is -1.00 e. The third-order valence-electron chi connectivity index (χ3n) is 5.05. The van der Waals surface area contributed by atoms with E-state index < -0.39 is 24.0 Å². The number of carbonyl (C=O) groups is 1. The number of benzene rings is 1. The molecule has 6 heteroatoms. The van der Waals surface area contributed by atoms with Crippen LogP contribution in [0.1, 0.15) is 73.6 Å². The number of rotatable bonds is 11. The number of carbonyl (C=O) groups excluding carboxylic acids is 1. The Bertz CT molecular complexity index is 583. The zero-order valence-electron chi connectivity index (χ0n) is 16.9. The van der Waals surface area contributed by atoms with Crippen LogP contribution in [0, 0.1) is 0 Å². The minimum Gasteiger partial charge on any atom is -1.00 e. The Balaban J connectivity index is 0.00000338. The minimum absolute atomic E-state index is 0. The van der Waals surface area contributed by atoms with Crippen molar-refractivity contribution in [2.75, 3.05) is 0 Å². The second-order valence-corrected chi connectivity index (χ2v) is 20.6. The molecular formula is C21H34Cl2NOSiTi. The van der Waals surface area contributed by atoms with E-state index in [-0.39, 0.29) is 24.8 Å². The van der Waals surface area contributed by atoms with Crippen LogP contribution in [0.4, 0.5) is 0 Å². The Kier molecular flexibility index (Phi) is 14.8. The van der Waals surface area contributed by atoms with Crippen LogP contribution in [0.25, 0.3) is 6.08 Å². The molecule has 1 aromatic rings. The molecule has 1 aliphatic rings. The molecule has 0 aromatic heterocycles. The molecule has 0 fully saturated rings. The normalized spacial score (nSPS) is 14.3. The van der Waals surface area contributed by atoms with Gasteiger partial charge in [0.05, 0.1) is 0 Å². The Hall–Kier alpha value is -0.0588. The zero-order valence-corrected chi connectivity index (χ0v) is 21.2. The summed E-state index contributed by atoms with van der Waals surface area (Å²) in [5.74, 6) is 0.322. The van der Waals surface area contributed by atoms with Gasteiger partial charge in [0.2, 0.25) is 0 Å². The number of halogens is 2. The van der Waals surface area contributed by atoms with Crippen molar-refractivity contribution in [3.05, 3.63) is 41.5 Å². The molecule has 0 bridgehead atoms. The molecule has 0 radical (unpaired) electrons. The fourth-order valence-corrected chi connectivity index (χ4v) is 13.5. The van der Waals surface area contributed by atoms with Crippen LogP contribution >= 0.6 is 0 Å². The van der Waals surface area contributed by atoms with Gasteiger partial charge >= 0.3 is 162 Å². The van der Waals surface area contributed by atoms with Gasteiger partial charge in [0.15, 0.2) is 0 Å². The van der Waals surface area contributed by atoms with Crippen molar-refractivity contribution >= 4 is 18.6 Å². The summed E-state index contributed by atoms with van der Waals surface area (Å²) in [5.41, 5.74) is 2.81. The van der Waals surface area contributed by atoms with E-state index in [2.05, 4.69) is 60.2 Å². The molecule has 1 aromatic carbocycles. The van der Waals surface area contributed by atoms with E-state index in [0.717, 1.165) is 12.8 Å². The molecule has 151 valence electrons. The van der Waals surface area contributed by atoms with Gasteiger partial charge in [-0.25, -0.2) is 0 Å². The summed E-state index contributed by atoms with van der Waals surface area (Å²) in [6.07, 6.45) is 14.2. The van der Waals surface area contributed by atoms with Crippen molar-refractivity contribution in [2.45, 2.75) is 75.6 Å². The first-order chi connectivity index (χ1) is 12.1. The molecule has 1 amide bonds. The number of allylic oxidation sites excluding steroid dienone is 1. The Morgan fingerprint density at radius 2 is 1.67 bits per heavy atom. The summed E-state index contributed by atoms with van der Waals surface area (Å²) in [7, 11) is 0. The second kappa shape index (κ2) is 14.9.